The zero-order valence-corrected chi connectivity index (χ0v) is 9.54. The molecule has 70 valence electrons. The number of esters is 1. The van der Waals surface area contributed by atoms with Crippen molar-refractivity contribution in [3.05, 3.63) is 0 Å². The van der Waals surface area contributed by atoms with Gasteiger partial charge in [-0.25, -0.2) is 0 Å². The molecule has 0 heterocycles. The van der Waals surface area contributed by atoms with Gasteiger partial charge in [0.05, 0.1) is 12.5 Å². The summed E-state index contributed by atoms with van der Waals surface area (Å²) in [6.07, 6.45) is 3.28. The Balaban J connectivity index is 2.31. The molecule has 1 fully saturated rings. The van der Waals surface area contributed by atoms with Crippen LogP contribution in [0.5, 0.6) is 0 Å². The molecule has 1 saturated carbocycles. The van der Waals surface area contributed by atoms with Crippen LogP contribution in [0.2, 0.25) is 0 Å². The number of carbonyl (C=O) groups excluding carboxylic acids is 1. The quantitative estimate of drug-likeness (QED) is 0.451. The van der Waals surface area contributed by atoms with Gasteiger partial charge in [0, 0.05) is 4.43 Å². The van der Waals surface area contributed by atoms with Crippen LogP contribution < -0.4 is 0 Å². The lowest BCUT2D eigenvalue weighted by Gasteiger charge is -2.08. The molecule has 2 unspecified atom stereocenters. The van der Waals surface area contributed by atoms with E-state index in [1.807, 2.05) is 6.92 Å². The summed E-state index contributed by atoms with van der Waals surface area (Å²) in [6.45, 7) is 2.38. The lowest BCUT2D eigenvalue weighted by Crippen LogP contribution is -2.15. The summed E-state index contributed by atoms with van der Waals surface area (Å²) in [5.74, 6) is 0.967. The van der Waals surface area contributed by atoms with Crippen LogP contribution in [0.25, 0.3) is 0 Å². The Morgan fingerprint density at radius 1 is 1.58 bits per heavy atom. The second-order valence-electron chi connectivity index (χ2n) is 3.28. The van der Waals surface area contributed by atoms with Crippen LogP contribution in [-0.4, -0.2) is 17.0 Å². The first-order valence-corrected chi connectivity index (χ1v) is 6.03. The van der Waals surface area contributed by atoms with E-state index in [1.54, 1.807) is 0 Å². The molecule has 0 amide bonds. The van der Waals surface area contributed by atoms with Crippen LogP contribution in [-0.2, 0) is 9.53 Å². The molecule has 0 saturated heterocycles. The average Bonchev–Trinajstić information content (AvgIpc) is 2.52. The van der Waals surface area contributed by atoms with E-state index >= 15 is 0 Å². The Hall–Kier alpha value is 0.200. The molecule has 0 aromatic rings. The van der Waals surface area contributed by atoms with Crippen molar-refractivity contribution in [2.75, 3.05) is 11.0 Å². The molecule has 1 aliphatic rings. The van der Waals surface area contributed by atoms with E-state index in [-0.39, 0.29) is 11.9 Å². The zero-order chi connectivity index (χ0) is 8.97. The fourth-order valence-corrected chi connectivity index (χ4v) is 2.49. The van der Waals surface area contributed by atoms with Crippen molar-refractivity contribution in [3.63, 3.8) is 0 Å². The fraction of sp³-hybridized carbons (Fsp3) is 0.889. The van der Waals surface area contributed by atoms with E-state index < -0.39 is 0 Å². The SMILES string of the molecule is CCOC(=O)C1CCC(CI)C1. The highest BCUT2D eigenvalue weighted by Gasteiger charge is 2.29. The van der Waals surface area contributed by atoms with Gasteiger partial charge in [0.25, 0.3) is 0 Å². The van der Waals surface area contributed by atoms with Gasteiger partial charge in [-0.15, -0.1) is 0 Å². The lowest BCUT2D eigenvalue weighted by atomic mass is 10.1. The molecule has 2 atom stereocenters. The van der Waals surface area contributed by atoms with E-state index in [2.05, 4.69) is 22.6 Å². The van der Waals surface area contributed by atoms with Crippen molar-refractivity contribution in [1.82, 2.24) is 0 Å². The van der Waals surface area contributed by atoms with Gasteiger partial charge in [-0.3, -0.25) is 4.79 Å². The summed E-state index contributed by atoms with van der Waals surface area (Å²) in [5, 5.41) is 0. The predicted octanol–water partition coefficient (Wildman–Crippen LogP) is 2.40. The van der Waals surface area contributed by atoms with Gasteiger partial charge < -0.3 is 4.74 Å². The number of ether oxygens (including phenoxy) is 1. The largest absolute Gasteiger partial charge is 0.466 e. The van der Waals surface area contributed by atoms with E-state index in [9.17, 15) is 4.79 Å². The smallest absolute Gasteiger partial charge is 0.308 e. The van der Waals surface area contributed by atoms with Gasteiger partial charge >= 0.3 is 5.97 Å². The van der Waals surface area contributed by atoms with E-state index in [0.29, 0.717) is 6.61 Å². The number of hydrogen-bond acceptors (Lipinski definition) is 2. The van der Waals surface area contributed by atoms with E-state index in [4.69, 9.17) is 4.74 Å². The van der Waals surface area contributed by atoms with Crippen molar-refractivity contribution in [3.8, 4) is 0 Å². The Labute approximate surface area is 87.2 Å². The van der Waals surface area contributed by atoms with Gasteiger partial charge in [-0.05, 0) is 32.1 Å². The Kier molecular flexibility index (Phi) is 4.32. The first-order chi connectivity index (χ1) is 5.77. The molecule has 0 radical (unpaired) electrons. The van der Waals surface area contributed by atoms with Gasteiger partial charge in [0.15, 0.2) is 0 Å². The Morgan fingerprint density at radius 2 is 2.33 bits per heavy atom. The number of hydrogen-bond donors (Lipinski definition) is 0. The van der Waals surface area contributed by atoms with Crippen molar-refractivity contribution in [2.45, 2.75) is 26.2 Å². The third kappa shape index (κ3) is 2.61. The predicted molar refractivity (Wildman–Crippen MR) is 56.4 cm³/mol. The standard InChI is InChI=1S/C9H15IO2/c1-2-12-9(11)8-4-3-7(5-8)6-10/h7-8H,2-6H2,1H3. The summed E-state index contributed by atoms with van der Waals surface area (Å²) >= 11 is 2.39. The highest BCUT2D eigenvalue weighted by Crippen LogP contribution is 2.32. The van der Waals surface area contributed by atoms with Crippen molar-refractivity contribution >= 4 is 28.6 Å². The second-order valence-corrected chi connectivity index (χ2v) is 4.16. The lowest BCUT2D eigenvalue weighted by molar-refractivity contribution is -0.147. The number of rotatable bonds is 3. The second kappa shape index (κ2) is 5.04. The van der Waals surface area contributed by atoms with Crippen molar-refractivity contribution in [2.24, 2.45) is 11.8 Å². The number of carbonyl (C=O) groups is 1. The van der Waals surface area contributed by atoms with Crippen LogP contribution in [0.3, 0.4) is 0 Å². The van der Waals surface area contributed by atoms with Crippen LogP contribution in [0.1, 0.15) is 26.2 Å². The third-order valence-corrected chi connectivity index (χ3v) is 3.63. The molecule has 0 aromatic carbocycles. The highest BCUT2D eigenvalue weighted by molar-refractivity contribution is 14.1. The van der Waals surface area contributed by atoms with Gasteiger partial charge in [-0.2, -0.15) is 0 Å². The minimum Gasteiger partial charge on any atom is -0.466 e. The fourth-order valence-electron chi connectivity index (χ4n) is 1.69. The summed E-state index contributed by atoms with van der Waals surface area (Å²) in [4.78, 5) is 11.3. The minimum atomic E-state index is 0.0184. The minimum absolute atomic E-state index is 0.0184. The molecule has 1 aliphatic carbocycles. The normalized spacial score (nSPS) is 28.8. The summed E-state index contributed by atoms with van der Waals surface area (Å²) in [6, 6.07) is 0. The van der Waals surface area contributed by atoms with Crippen LogP contribution in [0.4, 0.5) is 0 Å². The molecule has 3 heteroatoms. The highest BCUT2D eigenvalue weighted by atomic mass is 127. The molecular weight excluding hydrogens is 267 g/mol. The maximum absolute atomic E-state index is 11.3. The molecule has 0 aromatic heterocycles. The van der Waals surface area contributed by atoms with E-state index in [1.165, 1.54) is 10.8 Å². The Morgan fingerprint density at radius 3 is 2.83 bits per heavy atom. The molecular formula is C9H15IO2. The van der Waals surface area contributed by atoms with Gasteiger partial charge in [0.2, 0.25) is 0 Å². The van der Waals surface area contributed by atoms with Gasteiger partial charge in [-0.1, -0.05) is 22.6 Å². The van der Waals surface area contributed by atoms with Crippen molar-refractivity contribution < 1.29 is 9.53 Å². The third-order valence-electron chi connectivity index (χ3n) is 2.38. The monoisotopic (exact) mass is 282 g/mol. The van der Waals surface area contributed by atoms with Gasteiger partial charge in [0.1, 0.15) is 0 Å². The van der Waals surface area contributed by atoms with E-state index in [0.717, 1.165) is 18.8 Å². The van der Waals surface area contributed by atoms with Crippen molar-refractivity contribution in [1.29, 1.82) is 0 Å². The first-order valence-electron chi connectivity index (χ1n) is 4.50. The molecule has 0 aliphatic heterocycles. The topological polar surface area (TPSA) is 26.3 Å². The van der Waals surface area contributed by atoms with Crippen LogP contribution in [0, 0.1) is 11.8 Å². The molecule has 0 bridgehead atoms. The molecule has 12 heavy (non-hydrogen) atoms. The molecule has 0 spiro atoms. The maximum Gasteiger partial charge on any atom is 0.308 e. The summed E-state index contributed by atoms with van der Waals surface area (Å²) in [7, 11) is 0. The first kappa shape index (κ1) is 10.3. The average molecular weight is 282 g/mol. The molecule has 2 nitrogen and oxygen atoms in total. The number of alkyl halides is 1. The van der Waals surface area contributed by atoms with Crippen LogP contribution in [0.15, 0.2) is 0 Å². The summed E-state index contributed by atoms with van der Waals surface area (Å²) < 4.78 is 6.15. The number of halogens is 1. The maximum atomic E-state index is 11.3. The van der Waals surface area contributed by atoms with Crippen LogP contribution >= 0.6 is 22.6 Å². The molecule has 0 N–H and O–H groups in total. The summed E-state index contributed by atoms with van der Waals surface area (Å²) in [5.41, 5.74) is 0. The Bertz CT molecular complexity index is 159. The zero-order valence-electron chi connectivity index (χ0n) is 7.38. The molecule has 1 rings (SSSR count).